The Kier molecular flexibility index (Phi) is 4.33. The van der Waals surface area contributed by atoms with E-state index < -0.39 is 0 Å². The topological polar surface area (TPSA) is 66.0 Å². The Labute approximate surface area is 114 Å². The Bertz CT molecular complexity index is 527. The van der Waals surface area contributed by atoms with Gasteiger partial charge in [-0.05, 0) is 27.6 Å². The molecule has 96 valence electrons. The third-order valence-electron chi connectivity index (χ3n) is 2.70. The summed E-state index contributed by atoms with van der Waals surface area (Å²) in [5, 5.41) is 4.31. The van der Waals surface area contributed by atoms with E-state index in [1.807, 2.05) is 4.68 Å². The Morgan fingerprint density at radius 3 is 3.00 bits per heavy atom. The molecule has 0 spiro atoms. The van der Waals surface area contributed by atoms with E-state index in [1.54, 1.807) is 31.8 Å². The number of pyridine rings is 1. The van der Waals surface area contributed by atoms with Crippen LogP contribution in [0.4, 0.5) is 5.69 Å². The van der Waals surface area contributed by atoms with Crippen molar-refractivity contribution in [3.63, 3.8) is 0 Å². The molecule has 2 heterocycles. The van der Waals surface area contributed by atoms with E-state index in [1.165, 1.54) is 0 Å². The SMILES string of the molecule is COCCn1ncc(Br)c1Cc1cnccc1N. The van der Waals surface area contributed by atoms with Gasteiger partial charge in [-0.3, -0.25) is 9.67 Å². The van der Waals surface area contributed by atoms with Crippen LogP contribution in [-0.2, 0) is 17.7 Å². The quantitative estimate of drug-likeness (QED) is 0.915. The maximum Gasteiger partial charge on any atom is 0.0658 e. The second kappa shape index (κ2) is 5.97. The van der Waals surface area contributed by atoms with Gasteiger partial charge in [0.15, 0.2) is 0 Å². The van der Waals surface area contributed by atoms with Crippen LogP contribution in [0.15, 0.2) is 29.1 Å². The number of rotatable bonds is 5. The lowest BCUT2D eigenvalue weighted by Gasteiger charge is -2.09. The van der Waals surface area contributed by atoms with Crippen molar-refractivity contribution in [1.82, 2.24) is 14.8 Å². The predicted octanol–water partition coefficient (Wildman–Crippen LogP) is 1.86. The Morgan fingerprint density at radius 1 is 1.44 bits per heavy atom. The molecule has 0 unspecified atom stereocenters. The number of anilines is 1. The summed E-state index contributed by atoms with van der Waals surface area (Å²) in [4.78, 5) is 4.10. The summed E-state index contributed by atoms with van der Waals surface area (Å²) in [6.45, 7) is 1.35. The molecule has 2 rings (SSSR count). The molecular formula is C12H15BrN4O. The predicted molar refractivity (Wildman–Crippen MR) is 73.3 cm³/mol. The fourth-order valence-corrected chi connectivity index (χ4v) is 2.14. The lowest BCUT2D eigenvalue weighted by molar-refractivity contribution is 0.182. The highest BCUT2D eigenvalue weighted by Gasteiger charge is 2.11. The molecule has 18 heavy (non-hydrogen) atoms. The van der Waals surface area contributed by atoms with E-state index >= 15 is 0 Å². The lowest BCUT2D eigenvalue weighted by Crippen LogP contribution is -2.10. The zero-order valence-electron chi connectivity index (χ0n) is 10.1. The van der Waals surface area contributed by atoms with Crippen molar-refractivity contribution in [3.05, 3.63) is 40.4 Å². The summed E-state index contributed by atoms with van der Waals surface area (Å²) < 4.78 is 7.96. The number of methoxy groups -OCH3 is 1. The van der Waals surface area contributed by atoms with Crippen molar-refractivity contribution >= 4 is 21.6 Å². The molecule has 0 radical (unpaired) electrons. The summed E-state index contributed by atoms with van der Waals surface area (Å²) in [6, 6.07) is 1.80. The molecular weight excluding hydrogens is 296 g/mol. The van der Waals surface area contributed by atoms with E-state index in [4.69, 9.17) is 10.5 Å². The molecule has 0 aliphatic heterocycles. The summed E-state index contributed by atoms with van der Waals surface area (Å²) in [6.07, 6.45) is 5.97. The Balaban J connectivity index is 2.23. The van der Waals surface area contributed by atoms with Gasteiger partial charge in [0, 0.05) is 31.6 Å². The van der Waals surface area contributed by atoms with Gasteiger partial charge < -0.3 is 10.5 Å². The van der Waals surface area contributed by atoms with Crippen molar-refractivity contribution in [1.29, 1.82) is 0 Å². The van der Waals surface area contributed by atoms with Crippen molar-refractivity contribution in [2.45, 2.75) is 13.0 Å². The minimum atomic E-state index is 0.629. The van der Waals surface area contributed by atoms with E-state index in [2.05, 4.69) is 26.0 Å². The fourth-order valence-electron chi connectivity index (χ4n) is 1.70. The molecule has 0 aliphatic rings. The minimum Gasteiger partial charge on any atom is -0.398 e. The molecule has 0 saturated carbocycles. The molecule has 2 N–H and O–H groups in total. The normalized spacial score (nSPS) is 10.8. The average Bonchev–Trinajstić information content (AvgIpc) is 2.71. The van der Waals surface area contributed by atoms with Crippen molar-refractivity contribution in [2.24, 2.45) is 0 Å². The summed E-state index contributed by atoms with van der Waals surface area (Å²) in [5.41, 5.74) is 8.75. The largest absolute Gasteiger partial charge is 0.398 e. The monoisotopic (exact) mass is 310 g/mol. The third-order valence-corrected chi connectivity index (χ3v) is 3.37. The first-order valence-electron chi connectivity index (χ1n) is 5.60. The van der Waals surface area contributed by atoms with Gasteiger partial charge in [0.1, 0.15) is 0 Å². The second-order valence-corrected chi connectivity index (χ2v) is 4.76. The van der Waals surface area contributed by atoms with Crippen LogP contribution in [0, 0.1) is 0 Å². The highest BCUT2D eigenvalue weighted by Crippen LogP contribution is 2.21. The molecule has 0 amide bonds. The smallest absolute Gasteiger partial charge is 0.0658 e. The van der Waals surface area contributed by atoms with E-state index in [-0.39, 0.29) is 0 Å². The standard InChI is InChI=1S/C12H15BrN4O/c1-18-5-4-17-12(10(13)8-16-17)6-9-7-15-3-2-11(9)14/h2-3,7-8H,4-6H2,1H3,(H2,14,15). The van der Waals surface area contributed by atoms with Crippen LogP contribution >= 0.6 is 15.9 Å². The maximum atomic E-state index is 5.93. The van der Waals surface area contributed by atoms with Gasteiger partial charge in [-0.25, -0.2) is 0 Å². The maximum absolute atomic E-state index is 5.93. The Hall–Kier alpha value is -1.40. The number of nitrogens with zero attached hydrogens (tertiary/aromatic N) is 3. The number of nitrogen functional groups attached to an aromatic ring is 1. The van der Waals surface area contributed by atoms with Gasteiger partial charge >= 0.3 is 0 Å². The van der Waals surface area contributed by atoms with Crippen LogP contribution in [0.3, 0.4) is 0 Å². The number of ether oxygens (including phenoxy) is 1. The molecule has 6 heteroatoms. The van der Waals surface area contributed by atoms with Crippen molar-refractivity contribution in [3.8, 4) is 0 Å². The van der Waals surface area contributed by atoms with Crippen molar-refractivity contribution in [2.75, 3.05) is 19.5 Å². The van der Waals surface area contributed by atoms with Crippen LogP contribution in [-0.4, -0.2) is 28.5 Å². The number of nitrogens with two attached hydrogens (primary N) is 1. The van der Waals surface area contributed by atoms with Gasteiger partial charge in [-0.2, -0.15) is 5.10 Å². The molecule has 0 aliphatic carbocycles. The van der Waals surface area contributed by atoms with Gasteiger partial charge in [0.2, 0.25) is 0 Å². The summed E-state index contributed by atoms with van der Waals surface area (Å²) in [5.74, 6) is 0. The number of aromatic nitrogens is 3. The molecule has 2 aromatic rings. The molecule has 0 saturated heterocycles. The first kappa shape index (κ1) is 13.0. The third kappa shape index (κ3) is 2.88. The fraction of sp³-hybridized carbons (Fsp3) is 0.333. The molecule has 5 nitrogen and oxygen atoms in total. The molecule has 0 aromatic carbocycles. The molecule has 0 bridgehead atoms. The second-order valence-electron chi connectivity index (χ2n) is 3.91. The van der Waals surface area contributed by atoms with Gasteiger partial charge in [0.25, 0.3) is 0 Å². The number of hydrogen-bond acceptors (Lipinski definition) is 4. The average molecular weight is 311 g/mol. The zero-order valence-corrected chi connectivity index (χ0v) is 11.7. The number of hydrogen-bond donors (Lipinski definition) is 1. The molecule has 2 aromatic heterocycles. The van der Waals surface area contributed by atoms with E-state index in [9.17, 15) is 0 Å². The van der Waals surface area contributed by atoms with Crippen LogP contribution < -0.4 is 5.73 Å². The van der Waals surface area contributed by atoms with Crippen LogP contribution in [0.2, 0.25) is 0 Å². The van der Waals surface area contributed by atoms with Crippen molar-refractivity contribution < 1.29 is 4.74 Å². The first-order valence-corrected chi connectivity index (χ1v) is 6.39. The molecule has 0 atom stereocenters. The van der Waals surface area contributed by atoms with Crippen LogP contribution in [0.5, 0.6) is 0 Å². The first-order chi connectivity index (χ1) is 8.72. The zero-order chi connectivity index (χ0) is 13.0. The van der Waals surface area contributed by atoms with Crippen LogP contribution in [0.1, 0.15) is 11.3 Å². The van der Waals surface area contributed by atoms with E-state index in [0.717, 1.165) is 28.0 Å². The van der Waals surface area contributed by atoms with Gasteiger partial charge in [-0.15, -0.1) is 0 Å². The van der Waals surface area contributed by atoms with E-state index in [0.29, 0.717) is 13.0 Å². The lowest BCUT2D eigenvalue weighted by atomic mass is 10.1. The Morgan fingerprint density at radius 2 is 2.28 bits per heavy atom. The summed E-state index contributed by atoms with van der Waals surface area (Å²) >= 11 is 3.51. The van der Waals surface area contributed by atoms with Crippen LogP contribution in [0.25, 0.3) is 0 Å². The highest BCUT2D eigenvalue weighted by molar-refractivity contribution is 9.10. The van der Waals surface area contributed by atoms with Gasteiger partial charge in [-0.1, -0.05) is 0 Å². The summed E-state index contributed by atoms with van der Waals surface area (Å²) in [7, 11) is 1.68. The molecule has 0 fully saturated rings. The number of halogens is 1. The minimum absolute atomic E-state index is 0.629. The van der Waals surface area contributed by atoms with Gasteiger partial charge in [0.05, 0.1) is 29.5 Å². The highest BCUT2D eigenvalue weighted by atomic mass is 79.9.